The molecule has 2 rings (SSSR count). The normalized spacial score (nSPS) is 23.6. The summed E-state index contributed by atoms with van der Waals surface area (Å²) < 4.78 is 0. The van der Waals surface area contributed by atoms with Crippen LogP contribution in [0.2, 0.25) is 5.15 Å². The van der Waals surface area contributed by atoms with E-state index in [0.717, 1.165) is 25.3 Å². The van der Waals surface area contributed by atoms with Crippen LogP contribution in [-0.4, -0.2) is 52.5 Å². The molecule has 1 saturated heterocycles. The summed E-state index contributed by atoms with van der Waals surface area (Å²) in [7, 11) is 2.18. The van der Waals surface area contributed by atoms with E-state index in [0.29, 0.717) is 11.2 Å². The van der Waals surface area contributed by atoms with Crippen molar-refractivity contribution < 1.29 is 0 Å². The highest BCUT2D eigenvalue weighted by Crippen LogP contribution is 2.12. The van der Waals surface area contributed by atoms with E-state index in [2.05, 4.69) is 33.7 Å². The van der Waals surface area contributed by atoms with Gasteiger partial charge in [-0.1, -0.05) is 11.6 Å². The second-order valence-electron chi connectivity index (χ2n) is 4.77. The summed E-state index contributed by atoms with van der Waals surface area (Å²) in [5, 5.41) is 0.456. The predicted octanol–water partition coefficient (Wildman–Crippen LogP) is 1.66. The third kappa shape index (κ3) is 3.63. The molecule has 0 N–H and O–H groups in total. The summed E-state index contributed by atoms with van der Waals surface area (Å²) in [5.74, 6) is 0. The smallest absolute Gasteiger partial charge is 0.147 e. The Morgan fingerprint density at radius 3 is 2.88 bits per heavy atom. The van der Waals surface area contributed by atoms with Gasteiger partial charge in [-0.3, -0.25) is 9.88 Å². The van der Waals surface area contributed by atoms with Gasteiger partial charge >= 0.3 is 0 Å². The van der Waals surface area contributed by atoms with E-state index < -0.39 is 0 Å². The molecular weight excluding hydrogens is 236 g/mol. The molecule has 0 bridgehead atoms. The number of nitrogens with zero attached hydrogens (tertiary/aromatic N) is 4. The van der Waals surface area contributed by atoms with Crippen molar-refractivity contribution in [1.82, 2.24) is 19.8 Å². The average Bonchev–Trinajstić information content (AvgIpc) is 2.44. The maximum atomic E-state index is 5.73. The van der Waals surface area contributed by atoms with Crippen molar-refractivity contribution in [3.05, 3.63) is 23.2 Å². The first-order valence-electron chi connectivity index (χ1n) is 6.04. The molecular formula is C12H19ClN4. The van der Waals surface area contributed by atoms with Crippen LogP contribution in [0.5, 0.6) is 0 Å². The molecule has 4 nitrogen and oxygen atoms in total. The van der Waals surface area contributed by atoms with Gasteiger partial charge in [-0.05, 0) is 26.9 Å². The van der Waals surface area contributed by atoms with Gasteiger partial charge in [-0.2, -0.15) is 0 Å². The lowest BCUT2D eigenvalue weighted by Crippen LogP contribution is -2.37. The van der Waals surface area contributed by atoms with Crippen molar-refractivity contribution in [3.8, 4) is 0 Å². The summed E-state index contributed by atoms with van der Waals surface area (Å²) >= 11 is 5.73. The molecule has 1 unspecified atom stereocenters. The quantitative estimate of drug-likeness (QED) is 0.804. The molecule has 1 aliphatic rings. The van der Waals surface area contributed by atoms with Gasteiger partial charge < -0.3 is 4.90 Å². The Morgan fingerprint density at radius 1 is 1.35 bits per heavy atom. The summed E-state index contributed by atoms with van der Waals surface area (Å²) in [5.41, 5.74) is 0.991. The number of hydrogen-bond acceptors (Lipinski definition) is 4. The number of hydrogen-bond donors (Lipinski definition) is 0. The molecule has 0 amide bonds. The van der Waals surface area contributed by atoms with Crippen LogP contribution in [0.1, 0.15) is 19.0 Å². The molecule has 0 radical (unpaired) electrons. The Labute approximate surface area is 108 Å². The lowest BCUT2D eigenvalue weighted by Gasteiger charge is -2.27. The Bertz CT molecular complexity index is 354. The standard InChI is InChI=1S/C12H19ClN4/c1-10-8-16(2)4-3-5-17(10)9-11-6-15-12(13)7-14-11/h6-7,10H,3-5,8-9H2,1-2H3. The fraction of sp³-hybridized carbons (Fsp3) is 0.667. The Kier molecular flexibility index (Phi) is 4.31. The number of aromatic nitrogens is 2. The molecule has 0 spiro atoms. The molecule has 1 aromatic rings. The fourth-order valence-corrected chi connectivity index (χ4v) is 2.38. The average molecular weight is 255 g/mol. The molecule has 0 aliphatic carbocycles. The van der Waals surface area contributed by atoms with E-state index in [1.807, 2.05) is 0 Å². The third-order valence-corrected chi connectivity index (χ3v) is 3.42. The molecule has 1 fully saturated rings. The van der Waals surface area contributed by atoms with E-state index in [-0.39, 0.29) is 0 Å². The summed E-state index contributed by atoms with van der Waals surface area (Å²) in [6, 6.07) is 0.556. The molecule has 94 valence electrons. The molecule has 5 heteroatoms. The Balaban J connectivity index is 1.99. The second kappa shape index (κ2) is 5.76. The number of likely N-dealkylation sites (N-methyl/N-ethyl adjacent to an activating group) is 1. The molecule has 2 heterocycles. The van der Waals surface area contributed by atoms with Gasteiger partial charge in [-0.25, -0.2) is 4.98 Å². The molecule has 1 atom stereocenters. The lowest BCUT2D eigenvalue weighted by atomic mass is 10.2. The summed E-state index contributed by atoms with van der Waals surface area (Å²) in [4.78, 5) is 13.2. The van der Waals surface area contributed by atoms with Crippen molar-refractivity contribution >= 4 is 11.6 Å². The van der Waals surface area contributed by atoms with Crippen LogP contribution < -0.4 is 0 Å². The zero-order valence-corrected chi connectivity index (χ0v) is 11.2. The largest absolute Gasteiger partial charge is 0.305 e. The topological polar surface area (TPSA) is 32.3 Å². The van der Waals surface area contributed by atoms with Gasteiger partial charge in [0.1, 0.15) is 5.15 Å². The number of halogens is 1. The van der Waals surface area contributed by atoms with E-state index >= 15 is 0 Å². The highest BCUT2D eigenvalue weighted by molar-refractivity contribution is 6.29. The lowest BCUT2D eigenvalue weighted by molar-refractivity contribution is 0.192. The highest BCUT2D eigenvalue weighted by atomic mass is 35.5. The van der Waals surface area contributed by atoms with Crippen LogP contribution in [-0.2, 0) is 6.54 Å². The first-order valence-corrected chi connectivity index (χ1v) is 6.42. The van der Waals surface area contributed by atoms with Crippen LogP contribution in [0, 0.1) is 0 Å². The first kappa shape index (κ1) is 12.7. The van der Waals surface area contributed by atoms with Gasteiger partial charge in [0, 0.05) is 25.7 Å². The van der Waals surface area contributed by atoms with Crippen LogP contribution in [0.4, 0.5) is 0 Å². The predicted molar refractivity (Wildman–Crippen MR) is 69.0 cm³/mol. The van der Waals surface area contributed by atoms with E-state index in [1.165, 1.54) is 13.0 Å². The van der Waals surface area contributed by atoms with Crippen molar-refractivity contribution in [2.75, 3.05) is 26.7 Å². The van der Waals surface area contributed by atoms with Crippen molar-refractivity contribution in [3.63, 3.8) is 0 Å². The van der Waals surface area contributed by atoms with Crippen LogP contribution >= 0.6 is 11.6 Å². The minimum Gasteiger partial charge on any atom is -0.305 e. The number of rotatable bonds is 2. The molecule has 1 aliphatic heterocycles. The minimum atomic E-state index is 0.456. The molecule has 1 aromatic heterocycles. The van der Waals surface area contributed by atoms with E-state index in [9.17, 15) is 0 Å². The van der Waals surface area contributed by atoms with Crippen molar-refractivity contribution in [2.24, 2.45) is 0 Å². The fourth-order valence-electron chi connectivity index (χ4n) is 2.29. The molecule has 0 saturated carbocycles. The Morgan fingerprint density at radius 2 is 2.18 bits per heavy atom. The van der Waals surface area contributed by atoms with Gasteiger partial charge in [0.15, 0.2) is 0 Å². The van der Waals surface area contributed by atoms with Crippen molar-refractivity contribution in [1.29, 1.82) is 0 Å². The summed E-state index contributed by atoms with van der Waals surface area (Å²) in [6.45, 7) is 6.54. The van der Waals surface area contributed by atoms with Gasteiger partial charge in [-0.15, -0.1) is 0 Å². The zero-order valence-electron chi connectivity index (χ0n) is 10.4. The maximum absolute atomic E-state index is 5.73. The monoisotopic (exact) mass is 254 g/mol. The van der Waals surface area contributed by atoms with E-state index in [4.69, 9.17) is 11.6 Å². The molecule has 17 heavy (non-hydrogen) atoms. The van der Waals surface area contributed by atoms with Gasteiger partial charge in [0.2, 0.25) is 0 Å². The molecule has 0 aromatic carbocycles. The third-order valence-electron chi connectivity index (χ3n) is 3.22. The van der Waals surface area contributed by atoms with Gasteiger partial charge in [0.25, 0.3) is 0 Å². The highest BCUT2D eigenvalue weighted by Gasteiger charge is 2.19. The van der Waals surface area contributed by atoms with Crippen LogP contribution in [0.3, 0.4) is 0 Å². The van der Waals surface area contributed by atoms with Crippen LogP contribution in [0.25, 0.3) is 0 Å². The minimum absolute atomic E-state index is 0.456. The maximum Gasteiger partial charge on any atom is 0.147 e. The van der Waals surface area contributed by atoms with Crippen molar-refractivity contribution in [2.45, 2.75) is 25.9 Å². The first-order chi connectivity index (χ1) is 8.15. The van der Waals surface area contributed by atoms with E-state index in [1.54, 1.807) is 12.4 Å². The SMILES string of the molecule is CC1CN(C)CCCN1Cc1cnc(Cl)cn1. The summed E-state index contributed by atoms with van der Waals surface area (Å²) in [6.07, 6.45) is 4.59. The van der Waals surface area contributed by atoms with Gasteiger partial charge in [0.05, 0.1) is 18.1 Å². The Hall–Kier alpha value is -0.710. The second-order valence-corrected chi connectivity index (χ2v) is 5.15. The zero-order chi connectivity index (χ0) is 12.3. The van der Waals surface area contributed by atoms with Crippen LogP contribution in [0.15, 0.2) is 12.4 Å².